The number of aryl methyl sites for hydroxylation is 1. The Kier molecular flexibility index (Phi) is 6.10. The largest absolute Gasteiger partial charge is 0.336 e. The van der Waals surface area contributed by atoms with Gasteiger partial charge in [0.15, 0.2) is 5.13 Å². The van der Waals surface area contributed by atoms with E-state index in [9.17, 15) is 14.0 Å². The summed E-state index contributed by atoms with van der Waals surface area (Å²) in [4.78, 5) is 33.6. The Labute approximate surface area is 183 Å². The van der Waals surface area contributed by atoms with E-state index in [-0.39, 0.29) is 30.7 Å². The zero-order valence-corrected chi connectivity index (χ0v) is 18.1. The summed E-state index contributed by atoms with van der Waals surface area (Å²) in [6.07, 6.45) is 3.47. The van der Waals surface area contributed by atoms with Crippen LogP contribution >= 0.6 is 11.3 Å². The van der Waals surface area contributed by atoms with E-state index >= 15 is 0 Å². The molecule has 1 aliphatic heterocycles. The van der Waals surface area contributed by atoms with Crippen LogP contribution in [0.5, 0.6) is 0 Å². The molecule has 0 spiro atoms. The molecule has 31 heavy (non-hydrogen) atoms. The molecule has 0 saturated heterocycles. The molecule has 2 amide bonds. The van der Waals surface area contributed by atoms with E-state index in [2.05, 4.69) is 15.4 Å². The molecule has 1 aliphatic rings. The fourth-order valence-corrected chi connectivity index (χ4v) is 4.24. The third-order valence-electron chi connectivity index (χ3n) is 5.13. The van der Waals surface area contributed by atoms with Gasteiger partial charge < -0.3 is 10.2 Å². The minimum atomic E-state index is -0.569. The second kappa shape index (κ2) is 8.94. The van der Waals surface area contributed by atoms with Gasteiger partial charge in [0.2, 0.25) is 11.8 Å². The number of fused-ring (bicyclic) bond motifs is 1. The molecule has 1 atom stereocenters. The van der Waals surface area contributed by atoms with Gasteiger partial charge >= 0.3 is 0 Å². The molecule has 0 radical (unpaired) electrons. The average molecular weight is 443 g/mol. The fraction of sp³-hybridized carbons (Fsp3) is 0.333. The third kappa shape index (κ3) is 4.97. The molecule has 0 aliphatic carbocycles. The molecule has 8 nitrogen and oxygen atoms in total. The SMILES string of the molecule is CN(CC(=O)N1Cc2cn(C)nc2[C@@H](C(=O)Nc2nccs2)C1)Cc1ccc(F)cc1. The summed E-state index contributed by atoms with van der Waals surface area (Å²) in [6.45, 7) is 1.37. The third-order valence-corrected chi connectivity index (χ3v) is 5.82. The van der Waals surface area contributed by atoms with Gasteiger partial charge in [-0.2, -0.15) is 5.10 Å². The van der Waals surface area contributed by atoms with Crippen LogP contribution in [0.15, 0.2) is 42.0 Å². The van der Waals surface area contributed by atoms with Gasteiger partial charge in [-0.05, 0) is 24.7 Å². The van der Waals surface area contributed by atoms with Crippen LogP contribution in [0.2, 0.25) is 0 Å². The summed E-state index contributed by atoms with van der Waals surface area (Å²) >= 11 is 1.34. The molecule has 1 aromatic carbocycles. The van der Waals surface area contributed by atoms with Crippen molar-refractivity contribution in [3.8, 4) is 0 Å². The summed E-state index contributed by atoms with van der Waals surface area (Å²) in [5.41, 5.74) is 2.48. The van der Waals surface area contributed by atoms with Crippen molar-refractivity contribution in [3.63, 3.8) is 0 Å². The van der Waals surface area contributed by atoms with Crippen molar-refractivity contribution in [1.82, 2.24) is 24.6 Å². The number of halogens is 1. The predicted molar refractivity (Wildman–Crippen MR) is 115 cm³/mol. The van der Waals surface area contributed by atoms with Crippen molar-refractivity contribution in [2.75, 3.05) is 25.5 Å². The summed E-state index contributed by atoms with van der Waals surface area (Å²) in [7, 11) is 3.64. The number of likely N-dealkylation sites (N-methyl/N-ethyl adjacent to an activating group) is 1. The predicted octanol–water partition coefficient (Wildman–Crippen LogP) is 2.21. The van der Waals surface area contributed by atoms with Crippen LogP contribution in [0.25, 0.3) is 0 Å². The number of benzene rings is 1. The fourth-order valence-electron chi connectivity index (χ4n) is 3.71. The lowest BCUT2D eigenvalue weighted by atomic mass is 9.95. The second-order valence-corrected chi connectivity index (χ2v) is 8.56. The normalized spacial score (nSPS) is 15.7. The van der Waals surface area contributed by atoms with Crippen LogP contribution in [-0.4, -0.2) is 56.5 Å². The van der Waals surface area contributed by atoms with Crippen LogP contribution < -0.4 is 5.32 Å². The monoisotopic (exact) mass is 442 g/mol. The highest BCUT2D eigenvalue weighted by molar-refractivity contribution is 7.13. The number of hydrogen-bond acceptors (Lipinski definition) is 6. The number of carbonyl (C=O) groups is 2. The van der Waals surface area contributed by atoms with Crippen LogP contribution in [0.1, 0.15) is 22.7 Å². The van der Waals surface area contributed by atoms with Gasteiger partial charge in [-0.15, -0.1) is 11.3 Å². The van der Waals surface area contributed by atoms with E-state index in [4.69, 9.17) is 0 Å². The van der Waals surface area contributed by atoms with Crippen molar-refractivity contribution < 1.29 is 14.0 Å². The zero-order chi connectivity index (χ0) is 22.0. The number of thiazole rings is 1. The van der Waals surface area contributed by atoms with Crippen LogP contribution in [-0.2, 0) is 29.7 Å². The van der Waals surface area contributed by atoms with Crippen molar-refractivity contribution >= 4 is 28.3 Å². The van der Waals surface area contributed by atoms with Gasteiger partial charge in [0.25, 0.3) is 0 Å². The van der Waals surface area contributed by atoms with Gasteiger partial charge in [-0.25, -0.2) is 9.37 Å². The van der Waals surface area contributed by atoms with E-state index in [1.54, 1.807) is 40.3 Å². The van der Waals surface area contributed by atoms with Crippen molar-refractivity contribution in [3.05, 3.63) is 64.7 Å². The summed E-state index contributed by atoms with van der Waals surface area (Å²) in [5.74, 6) is -1.16. The summed E-state index contributed by atoms with van der Waals surface area (Å²) in [5, 5.41) is 9.59. The molecule has 2 aromatic heterocycles. The number of anilines is 1. The summed E-state index contributed by atoms with van der Waals surface area (Å²) in [6, 6.07) is 6.23. The van der Waals surface area contributed by atoms with E-state index in [1.165, 1.54) is 23.5 Å². The average Bonchev–Trinajstić information content (AvgIpc) is 3.37. The van der Waals surface area contributed by atoms with Crippen molar-refractivity contribution in [1.29, 1.82) is 0 Å². The molecule has 4 rings (SSSR count). The topological polar surface area (TPSA) is 83.4 Å². The maximum atomic E-state index is 13.1. The molecule has 0 bridgehead atoms. The number of amides is 2. The van der Waals surface area contributed by atoms with Crippen LogP contribution in [0.4, 0.5) is 9.52 Å². The van der Waals surface area contributed by atoms with Crippen LogP contribution in [0.3, 0.4) is 0 Å². The standard InChI is InChI=1S/C21H23FN6O2S/c1-26(9-14-3-5-16(22)6-4-14)13-18(29)28-11-15-10-27(2)25-19(15)17(12-28)20(30)24-21-23-7-8-31-21/h3-8,10,17H,9,11-13H2,1-2H3,(H,23,24,30)/t17-/m0/s1. The Balaban J connectivity index is 1.45. The lowest BCUT2D eigenvalue weighted by molar-refractivity contribution is -0.134. The molecule has 10 heteroatoms. The minimum absolute atomic E-state index is 0.0776. The maximum Gasteiger partial charge on any atom is 0.237 e. The van der Waals surface area contributed by atoms with E-state index in [0.717, 1.165) is 11.1 Å². The zero-order valence-electron chi connectivity index (χ0n) is 17.3. The highest BCUT2D eigenvalue weighted by Gasteiger charge is 2.35. The molecule has 3 aromatic rings. The van der Waals surface area contributed by atoms with Gasteiger partial charge in [0, 0.05) is 50.0 Å². The Hall–Kier alpha value is -3.11. The number of nitrogens with one attached hydrogen (secondary N) is 1. The molecule has 0 unspecified atom stereocenters. The van der Waals surface area contributed by atoms with Gasteiger partial charge in [-0.1, -0.05) is 12.1 Å². The lowest BCUT2D eigenvalue weighted by Crippen LogP contribution is -2.45. The highest BCUT2D eigenvalue weighted by Crippen LogP contribution is 2.28. The quantitative estimate of drug-likeness (QED) is 0.633. The highest BCUT2D eigenvalue weighted by atomic mass is 32.1. The number of rotatable bonds is 6. The second-order valence-electron chi connectivity index (χ2n) is 7.67. The molecule has 0 saturated carbocycles. The van der Waals surface area contributed by atoms with Gasteiger partial charge in [0.1, 0.15) is 11.7 Å². The van der Waals surface area contributed by atoms with Gasteiger partial charge in [-0.3, -0.25) is 19.2 Å². The number of nitrogens with zero attached hydrogens (tertiary/aromatic N) is 5. The van der Waals surface area contributed by atoms with Crippen molar-refractivity contribution in [2.45, 2.75) is 19.0 Å². The molecular weight excluding hydrogens is 419 g/mol. The molecule has 3 heterocycles. The number of aromatic nitrogens is 3. The Bertz CT molecular complexity index is 1070. The van der Waals surface area contributed by atoms with Crippen LogP contribution in [0, 0.1) is 5.82 Å². The molecule has 162 valence electrons. The summed E-state index contributed by atoms with van der Waals surface area (Å²) < 4.78 is 14.8. The lowest BCUT2D eigenvalue weighted by Gasteiger charge is -2.32. The molecule has 1 N–H and O–H groups in total. The smallest absolute Gasteiger partial charge is 0.237 e. The Morgan fingerprint density at radius 3 is 2.81 bits per heavy atom. The number of carbonyl (C=O) groups excluding carboxylic acids is 2. The number of hydrogen-bond donors (Lipinski definition) is 1. The van der Waals surface area contributed by atoms with Crippen molar-refractivity contribution in [2.24, 2.45) is 7.05 Å². The minimum Gasteiger partial charge on any atom is -0.336 e. The molecular formula is C21H23FN6O2S. The van der Waals surface area contributed by atoms with Gasteiger partial charge in [0.05, 0.1) is 12.2 Å². The first kappa shape index (κ1) is 21.1. The van der Waals surface area contributed by atoms with E-state index in [1.807, 2.05) is 18.1 Å². The first-order chi connectivity index (χ1) is 14.9. The maximum absolute atomic E-state index is 13.1. The first-order valence-corrected chi connectivity index (χ1v) is 10.7. The van der Waals surface area contributed by atoms with E-state index in [0.29, 0.717) is 23.9 Å². The Morgan fingerprint density at radius 2 is 2.10 bits per heavy atom. The van der Waals surface area contributed by atoms with E-state index < -0.39 is 5.92 Å². The first-order valence-electron chi connectivity index (χ1n) is 9.82. The molecule has 0 fully saturated rings. The Morgan fingerprint density at radius 1 is 1.32 bits per heavy atom.